The molecule has 2 rings (SSSR count). The molecule has 2 amide bonds. The summed E-state index contributed by atoms with van der Waals surface area (Å²) >= 11 is 1.65. The Kier molecular flexibility index (Phi) is 8.06. The average Bonchev–Trinajstić information content (AvgIpc) is 3.36. The molecule has 0 aliphatic carbocycles. The highest BCUT2D eigenvalue weighted by molar-refractivity contribution is 7.07. The summed E-state index contributed by atoms with van der Waals surface area (Å²) in [5, 5.41) is 9.98. The minimum Gasteiger partial charge on any atom is -0.459 e. The molecule has 0 spiro atoms. The second-order valence-electron chi connectivity index (χ2n) is 6.71. The van der Waals surface area contributed by atoms with Crippen LogP contribution >= 0.6 is 11.3 Å². The number of carbonyl (C=O) groups is 2. The smallest absolute Gasteiger partial charge is 0.287 e. The zero-order valence-electron chi connectivity index (χ0n) is 16.4. The number of rotatable bonds is 10. The second kappa shape index (κ2) is 10.3. The number of furan rings is 1. The fourth-order valence-electron chi connectivity index (χ4n) is 3.05. The van der Waals surface area contributed by atoms with Crippen LogP contribution in [-0.2, 0) is 4.79 Å². The predicted octanol–water partition coefficient (Wildman–Crippen LogP) is 3.29. The molecule has 2 N–H and O–H groups in total. The van der Waals surface area contributed by atoms with E-state index < -0.39 is 6.04 Å². The number of carbonyl (C=O) groups excluding carboxylic acids is 2. The van der Waals surface area contributed by atoms with E-state index in [1.54, 1.807) is 23.5 Å². The Bertz CT molecular complexity index is 694. The Hall–Kier alpha value is -2.12. The first-order valence-corrected chi connectivity index (χ1v) is 10.3. The zero-order valence-corrected chi connectivity index (χ0v) is 17.2. The second-order valence-corrected chi connectivity index (χ2v) is 7.49. The molecule has 2 aromatic heterocycles. The summed E-state index contributed by atoms with van der Waals surface area (Å²) in [7, 11) is 0. The molecule has 2 atom stereocenters. The molecule has 2 heterocycles. The fourth-order valence-corrected chi connectivity index (χ4v) is 3.76. The van der Waals surface area contributed by atoms with Crippen molar-refractivity contribution in [2.75, 3.05) is 19.6 Å². The standard InChI is InChI=1S/C20H29N3O3S/c1-5-23(6-2)16(15-9-11-27-13-15)12-21-20(25)18(14(3)4)22-19(24)17-8-7-10-26-17/h7-11,13-14,16,18H,5-6,12H2,1-4H3,(H,21,25)(H,22,24). The molecule has 0 radical (unpaired) electrons. The lowest BCUT2D eigenvalue weighted by Gasteiger charge is -2.30. The van der Waals surface area contributed by atoms with Crippen LogP contribution in [0.1, 0.15) is 49.9 Å². The van der Waals surface area contributed by atoms with E-state index >= 15 is 0 Å². The maximum Gasteiger partial charge on any atom is 0.287 e. The highest BCUT2D eigenvalue weighted by Gasteiger charge is 2.27. The minimum atomic E-state index is -0.623. The van der Waals surface area contributed by atoms with Crippen molar-refractivity contribution in [3.63, 3.8) is 0 Å². The Morgan fingerprint density at radius 1 is 1.22 bits per heavy atom. The van der Waals surface area contributed by atoms with Crippen molar-refractivity contribution in [2.45, 2.75) is 39.8 Å². The highest BCUT2D eigenvalue weighted by Crippen LogP contribution is 2.22. The zero-order chi connectivity index (χ0) is 19.8. The van der Waals surface area contributed by atoms with Gasteiger partial charge in [0.25, 0.3) is 5.91 Å². The normalized spacial score (nSPS) is 13.6. The summed E-state index contributed by atoms with van der Waals surface area (Å²) in [5.74, 6) is -0.408. The van der Waals surface area contributed by atoms with Gasteiger partial charge in [0.2, 0.25) is 5.91 Å². The summed E-state index contributed by atoms with van der Waals surface area (Å²) in [5.41, 5.74) is 1.20. The van der Waals surface area contributed by atoms with E-state index in [9.17, 15) is 9.59 Å². The maximum atomic E-state index is 12.8. The number of nitrogens with zero attached hydrogens (tertiary/aromatic N) is 1. The van der Waals surface area contributed by atoms with Gasteiger partial charge >= 0.3 is 0 Å². The molecule has 0 fully saturated rings. The van der Waals surface area contributed by atoms with E-state index in [-0.39, 0.29) is 29.5 Å². The van der Waals surface area contributed by atoms with Gasteiger partial charge in [-0.3, -0.25) is 14.5 Å². The Morgan fingerprint density at radius 2 is 1.96 bits per heavy atom. The third-order valence-electron chi connectivity index (χ3n) is 4.63. The van der Waals surface area contributed by atoms with E-state index in [4.69, 9.17) is 4.42 Å². The van der Waals surface area contributed by atoms with Gasteiger partial charge in [-0.1, -0.05) is 27.7 Å². The molecule has 27 heavy (non-hydrogen) atoms. The van der Waals surface area contributed by atoms with Crippen LogP contribution in [0.15, 0.2) is 39.6 Å². The molecule has 0 aliphatic heterocycles. The Labute approximate surface area is 164 Å². The first kappa shape index (κ1) is 21.2. The van der Waals surface area contributed by atoms with Crippen molar-refractivity contribution in [3.05, 3.63) is 46.5 Å². The molecule has 0 bridgehead atoms. The Morgan fingerprint density at radius 3 is 2.48 bits per heavy atom. The first-order chi connectivity index (χ1) is 13.0. The topological polar surface area (TPSA) is 74.6 Å². The number of likely N-dealkylation sites (N-methyl/N-ethyl adjacent to an activating group) is 1. The van der Waals surface area contributed by atoms with E-state index in [1.807, 2.05) is 19.2 Å². The lowest BCUT2D eigenvalue weighted by Crippen LogP contribution is -2.51. The van der Waals surface area contributed by atoms with Crippen LogP contribution in [0.25, 0.3) is 0 Å². The van der Waals surface area contributed by atoms with Crippen molar-refractivity contribution >= 4 is 23.2 Å². The highest BCUT2D eigenvalue weighted by atomic mass is 32.1. The van der Waals surface area contributed by atoms with Gasteiger partial charge in [-0.25, -0.2) is 0 Å². The van der Waals surface area contributed by atoms with Crippen LogP contribution in [-0.4, -0.2) is 42.4 Å². The number of hydrogen-bond donors (Lipinski definition) is 2. The summed E-state index contributed by atoms with van der Waals surface area (Å²) in [6.45, 7) is 10.3. The molecule has 0 saturated carbocycles. The van der Waals surface area contributed by atoms with Gasteiger partial charge in [-0.15, -0.1) is 0 Å². The van der Waals surface area contributed by atoms with Crippen LogP contribution in [0, 0.1) is 5.92 Å². The minimum absolute atomic E-state index is 0.0445. The number of thiophene rings is 1. The molecule has 7 heteroatoms. The van der Waals surface area contributed by atoms with Crippen LogP contribution < -0.4 is 10.6 Å². The number of amides is 2. The van der Waals surface area contributed by atoms with Crippen molar-refractivity contribution < 1.29 is 14.0 Å². The lowest BCUT2D eigenvalue weighted by molar-refractivity contribution is -0.124. The van der Waals surface area contributed by atoms with E-state index in [0.29, 0.717) is 6.54 Å². The maximum absolute atomic E-state index is 12.8. The average molecular weight is 392 g/mol. The number of hydrogen-bond acceptors (Lipinski definition) is 5. The van der Waals surface area contributed by atoms with Crippen molar-refractivity contribution in [1.29, 1.82) is 0 Å². The van der Waals surface area contributed by atoms with Gasteiger partial charge in [0, 0.05) is 6.54 Å². The van der Waals surface area contributed by atoms with Crippen LogP contribution in [0.5, 0.6) is 0 Å². The van der Waals surface area contributed by atoms with Gasteiger partial charge in [-0.05, 0) is 53.5 Å². The van der Waals surface area contributed by atoms with Gasteiger partial charge in [0.1, 0.15) is 6.04 Å². The fraction of sp³-hybridized carbons (Fsp3) is 0.500. The van der Waals surface area contributed by atoms with Crippen LogP contribution in [0.3, 0.4) is 0 Å². The van der Waals surface area contributed by atoms with E-state index in [2.05, 4.69) is 40.8 Å². The molecular weight excluding hydrogens is 362 g/mol. The molecule has 2 aromatic rings. The lowest BCUT2D eigenvalue weighted by atomic mass is 10.0. The summed E-state index contributed by atoms with van der Waals surface area (Å²) < 4.78 is 5.11. The van der Waals surface area contributed by atoms with E-state index in [1.165, 1.54) is 11.8 Å². The molecule has 0 aromatic carbocycles. The first-order valence-electron chi connectivity index (χ1n) is 9.36. The van der Waals surface area contributed by atoms with Crippen molar-refractivity contribution in [2.24, 2.45) is 5.92 Å². The molecule has 6 nitrogen and oxygen atoms in total. The van der Waals surface area contributed by atoms with E-state index in [0.717, 1.165) is 13.1 Å². The van der Waals surface area contributed by atoms with Crippen molar-refractivity contribution in [3.8, 4) is 0 Å². The molecule has 148 valence electrons. The van der Waals surface area contributed by atoms with Gasteiger partial charge < -0.3 is 15.1 Å². The third kappa shape index (κ3) is 5.68. The van der Waals surface area contributed by atoms with Crippen LogP contribution in [0.2, 0.25) is 0 Å². The predicted molar refractivity (Wildman–Crippen MR) is 108 cm³/mol. The SMILES string of the molecule is CCN(CC)C(CNC(=O)C(NC(=O)c1ccco1)C(C)C)c1ccsc1. The third-order valence-corrected chi connectivity index (χ3v) is 5.33. The quantitative estimate of drug-likeness (QED) is 0.652. The molecule has 0 saturated heterocycles. The summed E-state index contributed by atoms with van der Waals surface area (Å²) in [6.07, 6.45) is 1.44. The molecule has 0 aliphatic rings. The van der Waals surface area contributed by atoms with Crippen LogP contribution in [0.4, 0.5) is 0 Å². The van der Waals surface area contributed by atoms with Gasteiger partial charge in [0.05, 0.1) is 12.3 Å². The molecule has 2 unspecified atom stereocenters. The van der Waals surface area contributed by atoms with Crippen molar-refractivity contribution in [1.82, 2.24) is 15.5 Å². The summed E-state index contributed by atoms with van der Waals surface area (Å²) in [4.78, 5) is 27.4. The molecular formula is C20H29N3O3S. The Balaban J connectivity index is 2.03. The largest absolute Gasteiger partial charge is 0.459 e. The summed E-state index contributed by atoms with van der Waals surface area (Å²) in [6, 6.07) is 4.82. The van der Waals surface area contributed by atoms with Gasteiger partial charge in [-0.2, -0.15) is 11.3 Å². The van der Waals surface area contributed by atoms with Gasteiger partial charge in [0.15, 0.2) is 5.76 Å². The number of nitrogens with one attached hydrogen (secondary N) is 2. The monoisotopic (exact) mass is 391 g/mol.